The summed E-state index contributed by atoms with van der Waals surface area (Å²) in [6.45, 7) is 1.59. The van der Waals surface area contributed by atoms with Crippen molar-refractivity contribution in [1.29, 1.82) is 0 Å². The molecule has 1 fully saturated rings. The minimum absolute atomic E-state index is 0.291. The van der Waals surface area contributed by atoms with Gasteiger partial charge in [-0.25, -0.2) is 0 Å². The maximum absolute atomic E-state index is 11.8. The monoisotopic (exact) mass is 187 g/mol. The van der Waals surface area contributed by atoms with E-state index in [9.17, 15) is 4.79 Å². The van der Waals surface area contributed by atoms with Gasteiger partial charge < -0.3 is 0 Å². The van der Waals surface area contributed by atoms with Gasteiger partial charge in [0.25, 0.3) is 0 Å². The lowest BCUT2D eigenvalue weighted by atomic mass is 9.99. The molecular weight excluding hydrogens is 174 g/mol. The Hall–Kier alpha value is -1.15. The van der Waals surface area contributed by atoms with E-state index in [1.165, 1.54) is 18.4 Å². The van der Waals surface area contributed by atoms with Crippen LogP contribution in [0.25, 0.3) is 0 Å². The summed E-state index contributed by atoms with van der Waals surface area (Å²) in [6.07, 6.45) is 2.55. The predicted molar refractivity (Wildman–Crippen MR) is 54.2 cm³/mol. The Kier molecular flexibility index (Phi) is 1.71. The smallest absolute Gasteiger partial charge is 0.177 e. The first-order valence-corrected chi connectivity index (χ1v) is 5.20. The van der Waals surface area contributed by atoms with Gasteiger partial charge in [0.1, 0.15) is 0 Å². The van der Waals surface area contributed by atoms with Crippen molar-refractivity contribution in [3.63, 3.8) is 0 Å². The Balaban J connectivity index is 1.95. The Labute approximate surface area is 83.5 Å². The van der Waals surface area contributed by atoms with E-state index in [0.717, 1.165) is 12.1 Å². The Bertz CT molecular complexity index is 382. The van der Waals surface area contributed by atoms with Gasteiger partial charge in [-0.05, 0) is 18.4 Å². The molecule has 0 radical (unpaired) electrons. The van der Waals surface area contributed by atoms with Crippen LogP contribution in [0.2, 0.25) is 0 Å². The highest BCUT2D eigenvalue weighted by molar-refractivity contribution is 5.99. The van der Waals surface area contributed by atoms with Crippen LogP contribution < -0.4 is 0 Å². The molecule has 0 unspecified atom stereocenters. The summed E-state index contributed by atoms with van der Waals surface area (Å²) in [4.78, 5) is 14.1. The molecule has 2 nitrogen and oxygen atoms in total. The second kappa shape index (κ2) is 2.92. The highest BCUT2D eigenvalue weighted by Gasteiger charge is 2.33. The number of ketones is 1. The quantitative estimate of drug-likeness (QED) is 0.668. The number of rotatable bonds is 1. The number of hydrogen-bond acceptors (Lipinski definition) is 2. The number of Topliss-reactive ketones (excluding diaryl/α,β-unsaturated/α-hetero) is 1. The first-order chi connectivity index (χ1) is 6.84. The van der Waals surface area contributed by atoms with Crippen molar-refractivity contribution >= 4 is 5.78 Å². The maximum Gasteiger partial charge on any atom is 0.177 e. The van der Waals surface area contributed by atoms with E-state index in [2.05, 4.69) is 11.0 Å². The second-order valence-corrected chi connectivity index (χ2v) is 4.22. The first kappa shape index (κ1) is 8.18. The summed E-state index contributed by atoms with van der Waals surface area (Å²) in [7, 11) is 0. The van der Waals surface area contributed by atoms with E-state index in [1.807, 2.05) is 18.2 Å². The van der Waals surface area contributed by atoms with Gasteiger partial charge in [0.15, 0.2) is 5.78 Å². The zero-order valence-electron chi connectivity index (χ0n) is 8.07. The molecule has 0 atom stereocenters. The minimum Gasteiger partial charge on any atom is -0.293 e. The molecule has 1 saturated carbocycles. The molecule has 14 heavy (non-hydrogen) atoms. The van der Waals surface area contributed by atoms with Crippen molar-refractivity contribution in [2.75, 3.05) is 6.54 Å². The van der Waals surface area contributed by atoms with Crippen LogP contribution in [0, 0.1) is 0 Å². The third-order valence-corrected chi connectivity index (χ3v) is 3.10. The van der Waals surface area contributed by atoms with Crippen LogP contribution in [0.4, 0.5) is 0 Å². The fourth-order valence-electron chi connectivity index (χ4n) is 2.17. The van der Waals surface area contributed by atoms with Gasteiger partial charge in [0.2, 0.25) is 0 Å². The molecule has 2 aliphatic rings. The van der Waals surface area contributed by atoms with Gasteiger partial charge >= 0.3 is 0 Å². The Morgan fingerprint density at radius 3 is 2.71 bits per heavy atom. The van der Waals surface area contributed by atoms with Crippen molar-refractivity contribution in [2.24, 2.45) is 0 Å². The first-order valence-electron chi connectivity index (χ1n) is 5.20. The van der Waals surface area contributed by atoms with E-state index >= 15 is 0 Å². The van der Waals surface area contributed by atoms with Crippen molar-refractivity contribution in [2.45, 2.75) is 25.4 Å². The molecule has 0 N–H and O–H groups in total. The van der Waals surface area contributed by atoms with Gasteiger partial charge in [0.05, 0.1) is 6.54 Å². The van der Waals surface area contributed by atoms with E-state index < -0.39 is 0 Å². The van der Waals surface area contributed by atoms with Crippen LogP contribution in [0.5, 0.6) is 0 Å². The average molecular weight is 187 g/mol. The van der Waals surface area contributed by atoms with E-state index in [0.29, 0.717) is 18.4 Å². The summed E-state index contributed by atoms with van der Waals surface area (Å²) in [5.41, 5.74) is 2.14. The Morgan fingerprint density at radius 1 is 1.14 bits per heavy atom. The fourth-order valence-corrected chi connectivity index (χ4v) is 2.17. The lowest BCUT2D eigenvalue weighted by Crippen LogP contribution is -2.36. The molecular formula is C12H13NO. The van der Waals surface area contributed by atoms with Crippen molar-refractivity contribution < 1.29 is 4.79 Å². The van der Waals surface area contributed by atoms with Crippen molar-refractivity contribution in [1.82, 2.24) is 4.90 Å². The van der Waals surface area contributed by atoms with Crippen LogP contribution in [0.1, 0.15) is 28.8 Å². The van der Waals surface area contributed by atoms with Gasteiger partial charge in [-0.1, -0.05) is 24.3 Å². The van der Waals surface area contributed by atoms with Gasteiger partial charge in [-0.15, -0.1) is 0 Å². The van der Waals surface area contributed by atoms with E-state index in [-0.39, 0.29) is 0 Å². The highest BCUT2D eigenvalue weighted by atomic mass is 16.1. The van der Waals surface area contributed by atoms with Crippen LogP contribution in [-0.4, -0.2) is 23.3 Å². The van der Waals surface area contributed by atoms with Gasteiger partial charge in [-0.3, -0.25) is 9.69 Å². The minimum atomic E-state index is 0.291. The maximum atomic E-state index is 11.8. The number of hydrogen-bond donors (Lipinski definition) is 0. The molecule has 1 aliphatic carbocycles. The summed E-state index contributed by atoms with van der Waals surface area (Å²) in [5.74, 6) is 0.291. The topological polar surface area (TPSA) is 20.3 Å². The third-order valence-electron chi connectivity index (χ3n) is 3.10. The largest absolute Gasteiger partial charge is 0.293 e. The SMILES string of the molecule is O=C1CN(C2CC2)Cc2ccccc21. The normalized spacial score (nSPS) is 22.1. The Morgan fingerprint density at radius 2 is 1.93 bits per heavy atom. The summed E-state index contributed by atoms with van der Waals surface area (Å²) < 4.78 is 0. The van der Waals surface area contributed by atoms with E-state index in [1.54, 1.807) is 0 Å². The summed E-state index contributed by atoms with van der Waals surface area (Å²) in [6, 6.07) is 8.67. The molecule has 1 aromatic rings. The van der Waals surface area contributed by atoms with Crippen LogP contribution in [-0.2, 0) is 6.54 Å². The zero-order chi connectivity index (χ0) is 9.54. The molecule has 3 rings (SSSR count). The second-order valence-electron chi connectivity index (χ2n) is 4.22. The molecule has 1 aliphatic heterocycles. The van der Waals surface area contributed by atoms with Crippen molar-refractivity contribution in [3.8, 4) is 0 Å². The molecule has 0 bridgehead atoms. The molecule has 1 heterocycles. The predicted octanol–water partition coefficient (Wildman–Crippen LogP) is 1.85. The lowest BCUT2D eigenvalue weighted by Gasteiger charge is -2.27. The van der Waals surface area contributed by atoms with Crippen LogP contribution in [0.15, 0.2) is 24.3 Å². The summed E-state index contributed by atoms with van der Waals surface area (Å²) >= 11 is 0. The van der Waals surface area contributed by atoms with Gasteiger partial charge in [0, 0.05) is 18.2 Å². The standard InChI is InChI=1S/C12H13NO/c14-12-8-13(10-5-6-10)7-9-3-1-2-4-11(9)12/h1-4,10H,5-8H2. The molecule has 0 aromatic heterocycles. The molecule has 0 saturated heterocycles. The number of carbonyl (C=O) groups is 1. The van der Waals surface area contributed by atoms with Gasteiger partial charge in [-0.2, -0.15) is 0 Å². The average Bonchev–Trinajstić information content (AvgIpc) is 3.01. The number of fused-ring (bicyclic) bond motifs is 1. The number of nitrogens with zero attached hydrogens (tertiary/aromatic N) is 1. The fraction of sp³-hybridized carbons (Fsp3) is 0.417. The molecule has 72 valence electrons. The third kappa shape index (κ3) is 1.26. The number of carbonyl (C=O) groups excluding carboxylic acids is 1. The number of benzene rings is 1. The van der Waals surface area contributed by atoms with Crippen LogP contribution in [0.3, 0.4) is 0 Å². The highest BCUT2D eigenvalue weighted by Crippen LogP contribution is 2.31. The summed E-state index contributed by atoms with van der Waals surface area (Å²) in [5, 5.41) is 0. The molecule has 2 heteroatoms. The van der Waals surface area contributed by atoms with Crippen LogP contribution >= 0.6 is 0 Å². The van der Waals surface area contributed by atoms with Crippen molar-refractivity contribution in [3.05, 3.63) is 35.4 Å². The molecule has 1 aromatic carbocycles. The molecule has 0 amide bonds. The molecule has 0 spiro atoms. The lowest BCUT2D eigenvalue weighted by molar-refractivity contribution is 0.0893. The van der Waals surface area contributed by atoms with E-state index in [4.69, 9.17) is 0 Å². The zero-order valence-corrected chi connectivity index (χ0v) is 8.07.